The summed E-state index contributed by atoms with van der Waals surface area (Å²) in [6.07, 6.45) is -1.20. The van der Waals surface area contributed by atoms with Gasteiger partial charge in [-0.1, -0.05) is 43.3 Å². The zero-order chi connectivity index (χ0) is 16.3. The van der Waals surface area contributed by atoms with Crippen molar-refractivity contribution in [2.24, 2.45) is 0 Å². The van der Waals surface area contributed by atoms with Crippen LogP contribution in [0.2, 0.25) is 0 Å². The minimum Gasteiger partial charge on any atom is -0.239 e. The minimum atomic E-state index is -1.30. The molecule has 7 heteroatoms. The number of benzene rings is 1. The van der Waals surface area contributed by atoms with Crippen molar-refractivity contribution in [2.45, 2.75) is 44.6 Å². The summed E-state index contributed by atoms with van der Waals surface area (Å²) in [6, 6.07) is 3.51. The molecule has 3 rings (SSSR count). The lowest BCUT2D eigenvalue weighted by atomic mass is 10.0. The molecule has 1 aromatic carbocycles. The highest BCUT2D eigenvalue weighted by molar-refractivity contribution is 7.98. The molecule has 0 bridgehead atoms. The maximum atomic E-state index is 14.0. The van der Waals surface area contributed by atoms with Crippen LogP contribution in [-0.2, 0) is 0 Å². The summed E-state index contributed by atoms with van der Waals surface area (Å²) in [7, 11) is 0. The van der Waals surface area contributed by atoms with E-state index in [4.69, 9.17) is 0 Å². The van der Waals surface area contributed by atoms with Gasteiger partial charge in [-0.15, -0.1) is 5.10 Å². The Bertz CT molecular complexity index is 645. The first-order valence-electron chi connectivity index (χ1n) is 7.15. The van der Waals surface area contributed by atoms with E-state index in [1.807, 2.05) is 20.8 Å². The van der Waals surface area contributed by atoms with Gasteiger partial charge in [0.05, 0.1) is 6.04 Å². The van der Waals surface area contributed by atoms with Crippen molar-refractivity contribution in [1.82, 2.24) is 14.8 Å². The number of aromatic nitrogens is 3. The third kappa shape index (κ3) is 3.14. The Kier molecular flexibility index (Phi) is 5.50. The van der Waals surface area contributed by atoms with E-state index >= 15 is 0 Å². The minimum absolute atomic E-state index is 0.107. The number of aryl methyl sites for hydroxylation is 1. The molecular formula is C15H18F3N3S. The highest BCUT2D eigenvalue weighted by atomic mass is 32.2. The largest absolute Gasteiger partial charge is 0.239 e. The molecule has 2 unspecified atom stereocenters. The lowest BCUT2D eigenvalue weighted by Crippen LogP contribution is -2.09. The Hall–Kier alpha value is -1.50. The summed E-state index contributed by atoms with van der Waals surface area (Å²) >= 11 is 0.796. The SMILES string of the molecule is CC.Cc1ccc(F)c(C2CC(F)c3nc(SCF)nn32)c1. The first-order valence-corrected chi connectivity index (χ1v) is 8.14. The van der Waals surface area contributed by atoms with Crippen molar-refractivity contribution >= 4 is 11.8 Å². The van der Waals surface area contributed by atoms with E-state index in [1.165, 1.54) is 10.7 Å². The van der Waals surface area contributed by atoms with E-state index in [0.29, 0.717) is 5.56 Å². The third-order valence-electron chi connectivity index (χ3n) is 3.34. The number of hydrogen-bond donors (Lipinski definition) is 0. The highest BCUT2D eigenvalue weighted by Gasteiger charge is 2.36. The smallest absolute Gasteiger partial charge is 0.211 e. The van der Waals surface area contributed by atoms with E-state index in [1.54, 1.807) is 12.1 Å². The summed E-state index contributed by atoms with van der Waals surface area (Å²) < 4.78 is 41.6. The monoisotopic (exact) mass is 329 g/mol. The van der Waals surface area contributed by atoms with Crippen LogP contribution in [0.25, 0.3) is 0 Å². The zero-order valence-electron chi connectivity index (χ0n) is 12.7. The lowest BCUT2D eigenvalue weighted by molar-refractivity contribution is 0.325. The molecule has 1 aromatic heterocycles. The van der Waals surface area contributed by atoms with Crippen molar-refractivity contribution in [2.75, 3.05) is 6.01 Å². The number of hydrogen-bond acceptors (Lipinski definition) is 3. The maximum Gasteiger partial charge on any atom is 0.211 e. The standard InChI is InChI=1S/C13H12F3N3S.C2H6/c1-7-2-3-9(15)8(4-7)11-5-10(16)12-17-13(20-6-14)18-19(11)12;1-2/h2-4,10-11H,5-6H2,1H3;1-2H3. The van der Waals surface area contributed by atoms with Gasteiger partial charge in [0.25, 0.3) is 0 Å². The summed E-state index contributed by atoms with van der Waals surface area (Å²) in [5, 5.41) is 4.26. The molecule has 3 nitrogen and oxygen atoms in total. The van der Waals surface area contributed by atoms with Gasteiger partial charge in [0.2, 0.25) is 5.16 Å². The second kappa shape index (κ2) is 7.17. The van der Waals surface area contributed by atoms with Crippen LogP contribution in [0.3, 0.4) is 0 Å². The third-order valence-corrected chi connectivity index (χ3v) is 3.88. The van der Waals surface area contributed by atoms with Crippen molar-refractivity contribution < 1.29 is 13.2 Å². The van der Waals surface area contributed by atoms with Gasteiger partial charge in [0.15, 0.2) is 12.0 Å². The number of alkyl halides is 2. The van der Waals surface area contributed by atoms with Gasteiger partial charge in [0, 0.05) is 12.0 Å². The van der Waals surface area contributed by atoms with E-state index in [-0.39, 0.29) is 17.4 Å². The molecule has 2 aromatic rings. The molecule has 1 aliphatic rings. The Balaban J connectivity index is 0.000000847. The predicted molar refractivity (Wildman–Crippen MR) is 80.9 cm³/mol. The number of halogens is 3. The summed E-state index contributed by atoms with van der Waals surface area (Å²) in [5.74, 6) is -0.247. The molecule has 0 N–H and O–H groups in total. The molecule has 2 heterocycles. The Morgan fingerprint density at radius 1 is 1.36 bits per heavy atom. The van der Waals surface area contributed by atoms with Crippen LogP contribution >= 0.6 is 11.8 Å². The van der Waals surface area contributed by atoms with Gasteiger partial charge < -0.3 is 0 Å². The molecule has 0 saturated heterocycles. The molecule has 0 aliphatic carbocycles. The topological polar surface area (TPSA) is 30.7 Å². The van der Waals surface area contributed by atoms with Crippen molar-refractivity contribution in [1.29, 1.82) is 0 Å². The fourth-order valence-electron chi connectivity index (χ4n) is 2.45. The Labute approximate surface area is 131 Å². The molecule has 0 spiro atoms. The summed E-state index contributed by atoms with van der Waals surface area (Å²) in [5.41, 5.74) is 1.29. The molecular weight excluding hydrogens is 311 g/mol. The molecule has 2 atom stereocenters. The van der Waals surface area contributed by atoms with Crippen LogP contribution in [0.1, 0.15) is 49.4 Å². The van der Waals surface area contributed by atoms with E-state index < -0.39 is 24.0 Å². The molecule has 1 aliphatic heterocycles. The summed E-state index contributed by atoms with van der Waals surface area (Å²) in [6.45, 7) is 5.84. The average molecular weight is 329 g/mol. The highest BCUT2D eigenvalue weighted by Crippen LogP contribution is 2.41. The molecule has 0 fully saturated rings. The molecule has 0 saturated carbocycles. The van der Waals surface area contributed by atoms with Crippen LogP contribution in [0.15, 0.2) is 23.4 Å². The van der Waals surface area contributed by atoms with Crippen LogP contribution in [0, 0.1) is 12.7 Å². The molecule has 22 heavy (non-hydrogen) atoms. The quantitative estimate of drug-likeness (QED) is 0.760. The number of thioether (sulfide) groups is 1. The number of fused-ring (bicyclic) bond motifs is 1. The number of rotatable bonds is 3. The van der Waals surface area contributed by atoms with Crippen molar-refractivity contribution in [3.05, 3.63) is 41.0 Å². The fourth-order valence-corrected chi connectivity index (χ4v) is 2.85. The van der Waals surface area contributed by atoms with Gasteiger partial charge in [-0.2, -0.15) is 0 Å². The fraction of sp³-hybridized carbons (Fsp3) is 0.467. The van der Waals surface area contributed by atoms with Crippen LogP contribution < -0.4 is 0 Å². The summed E-state index contributed by atoms with van der Waals surface area (Å²) in [4.78, 5) is 3.97. The van der Waals surface area contributed by atoms with Gasteiger partial charge in [0.1, 0.15) is 11.8 Å². The predicted octanol–water partition coefficient (Wildman–Crippen LogP) is 4.77. The van der Waals surface area contributed by atoms with Crippen molar-refractivity contribution in [3.8, 4) is 0 Å². The molecule has 0 radical (unpaired) electrons. The molecule has 0 amide bonds. The zero-order valence-corrected chi connectivity index (χ0v) is 13.5. The van der Waals surface area contributed by atoms with E-state index in [2.05, 4.69) is 10.1 Å². The second-order valence-corrected chi connectivity index (χ2v) is 5.57. The Morgan fingerprint density at radius 3 is 2.77 bits per heavy atom. The average Bonchev–Trinajstić information content (AvgIpc) is 3.05. The maximum absolute atomic E-state index is 14.0. The second-order valence-electron chi connectivity index (χ2n) is 4.69. The Morgan fingerprint density at radius 2 is 2.09 bits per heavy atom. The van der Waals surface area contributed by atoms with Gasteiger partial charge in [-0.05, 0) is 13.0 Å². The van der Waals surface area contributed by atoms with Gasteiger partial charge in [-0.3, -0.25) is 0 Å². The van der Waals surface area contributed by atoms with Crippen molar-refractivity contribution in [3.63, 3.8) is 0 Å². The van der Waals surface area contributed by atoms with Gasteiger partial charge >= 0.3 is 0 Å². The van der Waals surface area contributed by atoms with E-state index in [9.17, 15) is 13.2 Å². The van der Waals surface area contributed by atoms with Crippen LogP contribution in [0.4, 0.5) is 13.2 Å². The number of nitrogens with zero attached hydrogens (tertiary/aromatic N) is 3. The first kappa shape index (κ1) is 16.9. The molecule has 120 valence electrons. The van der Waals surface area contributed by atoms with Crippen LogP contribution in [0.5, 0.6) is 0 Å². The van der Waals surface area contributed by atoms with E-state index in [0.717, 1.165) is 17.3 Å². The van der Waals surface area contributed by atoms with Gasteiger partial charge in [-0.25, -0.2) is 22.8 Å². The lowest BCUT2D eigenvalue weighted by Gasteiger charge is -2.13. The normalized spacial score (nSPS) is 19.5. The first-order chi connectivity index (χ1) is 10.6. The van der Waals surface area contributed by atoms with Crippen LogP contribution in [-0.4, -0.2) is 20.8 Å².